The lowest BCUT2D eigenvalue weighted by atomic mass is 10.0. The SMILES string of the molecule is COc1ccc2ccccc2c1C=NNC(=O)CCC(=O)Nc1ccccc1. The van der Waals surface area contributed by atoms with Crippen molar-refractivity contribution >= 4 is 34.5 Å². The highest BCUT2D eigenvalue weighted by Crippen LogP contribution is 2.26. The molecule has 0 aliphatic carbocycles. The number of fused-ring (bicyclic) bond motifs is 1. The van der Waals surface area contributed by atoms with Crippen LogP contribution in [0.15, 0.2) is 71.8 Å². The summed E-state index contributed by atoms with van der Waals surface area (Å²) in [6.07, 6.45) is 1.68. The van der Waals surface area contributed by atoms with Crippen LogP contribution in [0.5, 0.6) is 5.75 Å². The topological polar surface area (TPSA) is 79.8 Å². The summed E-state index contributed by atoms with van der Waals surface area (Å²) < 4.78 is 5.39. The highest BCUT2D eigenvalue weighted by molar-refractivity contribution is 6.02. The van der Waals surface area contributed by atoms with Crippen molar-refractivity contribution in [1.82, 2.24) is 5.43 Å². The van der Waals surface area contributed by atoms with Crippen molar-refractivity contribution < 1.29 is 14.3 Å². The molecule has 3 rings (SSSR count). The summed E-state index contributed by atoms with van der Waals surface area (Å²) in [6, 6.07) is 20.8. The van der Waals surface area contributed by atoms with E-state index in [-0.39, 0.29) is 24.7 Å². The second kappa shape index (κ2) is 9.32. The molecule has 6 nitrogen and oxygen atoms in total. The molecule has 0 unspecified atom stereocenters. The molecule has 3 aromatic rings. The molecule has 0 atom stereocenters. The molecule has 2 amide bonds. The summed E-state index contributed by atoms with van der Waals surface area (Å²) in [7, 11) is 1.59. The van der Waals surface area contributed by atoms with Gasteiger partial charge < -0.3 is 10.1 Å². The maximum absolute atomic E-state index is 12.0. The Balaban J connectivity index is 1.57. The van der Waals surface area contributed by atoms with Crippen LogP contribution in [0.2, 0.25) is 0 Å². The molecule has 0 saturated carbocycles. The van der Waals surface area contributed by atoms with Gasteiger partial charge in [0.1, 0.15) is 5.75 Å². The summed E-state index contributed by atoms with van der Waals surface area (Å²) in [5.41, 5.74) is 3.94. The largest absolute Gasteiger partial charge is 0.496 e. The van der Waals surface area contributed by atoms with Gasteiger partial charge in [-0.25, -0.2) is 5.43 Å². The van der Waals surface area contributed by atoms with Crippen molar-refractivity contribution in [3.8, 4) is 5.75 Å². The van der Waals surface area contributed by atoms with E-state index in [2.05, 4.69) is 15.8 Å². The number of hydrogen-bond donors (Lipinski definition) is 2. The molecule has 0 bridgehead atoms. The highest BCUT2D eigenvalue weighted by atomic mass is 16.5. The molecule has 6 heteroatoms. The first kappa shape index (κ1) is 19.1. The number of anilines is 1. The fourth-order valence-electron chi connectivity index (χ4n) is 2.78. The zero-order chi connectivity index (χ0) is 19.8. The van der Waals surface area contributed by atoms with E-state index in [1.807, 2.05) is 54.6 Å². The van der Waals surface area contributed by atoms with E-state index in [1.54, 1.807) is 25.5 Å². The van der Waals surface area contributed by atoms with Gasteiger partial charge in [0.15, 0.2) is 0 Å². The van der Waals surface area contributed by atoms with Crippen LogP contribution in [0.4, 0.5) is 5.69 Å². The smallest absolute Gasteiger partial charge is 0.240 e. The molecular formula is C22H21N3O3. The fraction of sp³-hybridized carbons (Fsp3) is 0.136. The third-order valence-electron chi connectivity index (χ3n) is 4.17. The summed E-state index contributed by atoms with van der Waals surface area (Å²) in [5, 5.41) is 8.79. The molecule has 0 aromatic heterocycles. The van der Waals surface area contributed by atoms with Crippen LogP contribution in [0.1, 0.15) is 18.4 Å². The number of carbonyl (C=O) groups excluding carboxylic acids is 2. The third-order valence-corrected chi connectivity index (χ3v) is 4.17. The maximum Gasteiger partial charge on any atom is 0.240 e. The average Bonchev–Trinajstić information content (AvgIpc) is 2.73. The van der Waals surface area contributed by atoms with Gasteiger partial charge in [-0.05, 0) is 29.0 Å². The fourth-order valence-corrected chi connectivity index (χ4v) is 2.78. The predicted molar refractivity (Wildman–Crippen MR) is 111 cm³/mol. The Hall–Kier alpha value is -3.67. The molecule has 0 radical (unpaired) electrons. The molecule has 142 valence electrons. The molecule has 0 fully saturated rings. The van der Waals surface area contributed by atoms with E-state index in [9.17, 15) is 9.59 Å². The summed E-state index contributed by atoms with van der Waals surface area (Å²) in [5.74, 6) is 0.110. The lowest BCUT2D eigenvalue weighted by Crippen LogP contribution is -2.20. The van der Waals surface area contributed by atoms with Gasteiger partial charge in [-0.2, -0.15) is 5.10 Å². The second-order valence-electron chi connectivity index (χ2n) is 6.11. The van der Waals surface area contributed by atoms with Crippen molar-refractivity contribution in [3.63, 3.8) is 0 Å². The molecule has 3 aromatic carbocycles. The van der Waals surface area contributed by atoms with Crippen molar-refractivity contribution in [2.24, 2.45) is 5.10 Å². The Morgan fingerprint density at radius 2 is 1.64 bits per heavy atom. The molecule has 0 heterocycles. The predicted octanol–water partition coefficient (Wildman–Crippen LogP) is 3.72. The van der Waals surface area contributed by atoms with Gasteiger partial charge in [-0.3, -0.25) is 9.59 Å². The first-order valence-corrected chi connectivity index (χ1v) is 8.90. The zero-order valence-electron chi connectivity index (χ0n) is 15.5. The van der Waals surface area contributed by atoms with E-state index in [0.717, 1.165) is 16.3 Å². The minimum atomic E-state index is -0.335. The minimum absolute atomic E-state index is 0.0443. The van der Waals surface area contributed by atoms with Gasteiger partial charge >= 0.3 is 0 Å². The van der Waals surface area contributed by atoms with Crippen molar-refractivity contribution in [2.45, 2.75) is 12.8 Å². The first-order valence-electron chi connectivity index (χ1n) is 8.90. The van der Waals surface area contributed by atoms with E-state index < -0.39 is 0 Å². The summed E-state index contributed by atoms with van der Waals surface area (Å²) in [4.78, 5) is 23.9. The van der Waals surface area contributed by atoms with E-state index in [4.69, 9.17) is 4.74 Å². The molecule has 2 N–H and O–H groups in total. The van der Waals surface area contributed by atoms with Crippen LogP contribution >= 0.6 is 0 Å². The van der Waals surface area contributed by atoms with Gasteiger partial charge in [0.2, 0.25) is 11.8 Å². The average molecular weight is 375 g/mol. The number of benzene rings is 3. The second-order valence-corrected chi connectivity index (χ2v) is 6.11. The van der Waals surface area contributed by atoms with Crippen molar-refractivity contribution in [3.05, 3.63) is 72.3 Å². The number of amides is 2. The number of carbonyl (C=O) groups is 2. The minimum Gasteiger partial charge on any atom is -0.496 e. The van der Waals surface area contributed by atoms with Gasteiger partial charge in [-0.15, -0.1) is 0 Å². The Bertz CT molecular complexity index is 1000. The standard InChI is InChI=1S/C22H21N3O3/c1-28-20-12-11-16-7-5-6-10-18(16)19(20)15-23-25-22(27)14-13-21(26)24-17-8-3-2-4-9-17/h2-12,15H,13-14H2,1H3,(H,24,26)(H,25,27). The third kappa shape index (κ3) is 4.94. The number of nitrogens with one attached hydrogen (secondary N) is 2. The lowest BCUT2D eigenvalue weighted by molar-refractivity contribution is -0.124. The molecule has 0 aliphatic heterocycles. The summed E-state index contributed by atoms with van der Waals surface area (Å²) in [6.45, 7) is 0. The Morgan fingerprint density at radius 1 is 0.929 bits per heavy atom. The lowest BCUT2D eigenvalue weighted by Gasteiger charge is -2.08. The first-order chi connectivity index (χ1) is 13.7. The summed E-state index contributed by atoms with van der Waals surface area (Å²) >= 11 is 0. The van der Waals surface area contributed by atoms with Gasteiger partial charge in [0.05, 0.1) is 13.3 Å². The zero-order valence-corrected chi connectivity index (χ0v) is 15.5. The highest BCUT2D eigenvalue weighted by Gasteiger charge is 2.08. The van der Waals surface area contributed by atoms with Crippen LogP contribution in [0, 0.1) is 0 Å². The number of para-hydroxylation sites is 1. The van der Waals surface area contributed by atoms with Crippen LogP contribution in [-0.4, -0.2) is 25.1 Å². The molecule has 0 aliphatic rings. The Morgan fingerprint density at radius 3 is 2.43 bits per heavy atom. The molecule has 28 heavy (non-hydrogen) atoms. The molecular weight excluding hydrogens is 354 g/mol. The number of hydrazone groups is 1. The molecule has 0 saturated heterocycles. The Labute approximate surface area is 163 Å². The quantitative estimate of drug-likeness (QED) is 0.488. The molecule has 0 spiro atoms. The van der Waals surface area contributed by atoms with E-state index in [0.29, 0.717) is 11.4 Å². The number of nitrogens with zero attached hydrogens (tertiary/aromatic N) is 1. The van der Waals surface area contributed by atoms with Crippen LogP contribution in [0.3, 0.4) is 0 Å². The van der Waals surface area contributed by atoms with Crippen molar-refractivity contribution in [1.29, 1.82) is 0 Å². The van der Waals surface area contributed by atoms with Gasteiger partial charge in [0, 0.05) is 24.1 Å². The monoisotopic (exact) mass is 375 g/mol. The number of hydrogen-bond acceptors (Lipinski definition) is 4. The number of rotatable bonds is 7. The van der Waals surface area contributed by atoms with Crippen LogP contribution in [-0.2, 0) is 9.59 Å². The number of methoxy groups -OCH3 is 1. The maximum atomic E-state index is 12.0. The van der Waals surface area contributed by atoms with E-state index in [1.165, 1.54) is 0 Å². The Kier molecular flexibility index (Phi) is 6.36. The van der Waals surface area contributed by atoms with Gasteiger partial charge in [0.25, 0.3) is 0 Å². The van der Waals surface area contributed by atoms with Gasteiger partial charge in [-0.1, -0.05) is 48.5 Å². The number of ether oxygens (including phenoxy) is 1. The normalized spacial score (nSPS) is 10.8. The van der Waals surface area contributed by atoms with Crippen LogP contribution in [0.25, 0.3) is 10.8 Å². The van der Waals surface area contributed by atoms with E-state index >= 15 is 0 Å². The van der Waals surface area contributed by atoms with Crippen LogP contribution < -0.4 is 15.5 Å². The van der Waals surface area contributed by atoms with Crippen molar-refractivity contribution in [2.75, 3.05) is 12.4 Å².